The minimum atomic E-state index is -1.40. The summed E-state index contributed by atoms with van der Waals surface area (Å²) in [5.74, 6) is -1.38. The van der Waals surface area contributed by atoms with E-state index in [0.29, 0.717) is 18.9 Å². The van der Waals surface area contributed by atoms with Gasteiger partial charge in [0.25, 0.3) is 0 Å². The van der Waals surface area contributed by atoms with Gasteiger partial charge in [0.05, 0.1) is 17.8 Å². The lowest BCUT2D eigenvalue weighted by molar-refractivity contribution is -0.295. The first-order chi connectivity index (χ1) is 20.9. The number of esters is 1. The summed E-state index contributed by atoms with van der Waals surface area (Å²) in [6.07, 6.45) is 1.29. The molecule has 10 nitrogen and oxygen atoms in total. The second-order valence-electron chi connectivity index (χ2n) is 15.2. The molecular formula is C35H67N3O7. The van der Waals surface area contributed by atoms with Crippen molar-refractivity contribution in [1.29, 1.82) is 0 Å². The summed E-state index contributed by atoms with van der Waals surface area (Å²) < 4.78 is 25.1. The minimum Gasteiger partial charge on any atom is -0.463 e. The van der Waals surface area contributed by atoms with E-state index >= 15 is 0 Å². The average Bonchev–Trinajstić information content (AvgIpc) is 2.96. The number of ketones is 1. The van der Waals surface area contributed by atoms with Crippen LogP contribution in [0.15, 0.2) is 0 Å². The predicted molar refractivity (Wildman–Crippen MR) is 178 cm³/mol. The summed E-state index contributed by atoms with van der Waals surface area (Å²) in [5, 5.41) is 11.3. The first kappa shape index (κ1) is 40.0. The number of rotatable bonds is 11. The molecule has 0 amide bonds. The lowest BCUT2D eigenvalue weighted by Crippen LogP contribution is -2.59. The Bertz CT molecular complexity index is 931. The Balaban J connectivity index is 2.51. The third kappa shape index (κ3) is 10.4. The van der Waals surface area contributed by atoms with E-state index in [9.17, 15) is 14.7 Å². The maximum atomic E-state index is 14.2. The Labute approximate surface area is 274 Å². The normalized spacial score (nSPS) is 36.1. The molecule has 2 aliphatic heterocycles. The van der Waals surface area contributed by atoms with E-state index in [2.05, 4.69) is 44.5 Å². The highest BCUT2D eigenvalue weighted by atomic mass is 16.7. The molecule has 2 aliphatic rings. The smallest absolute Gasteiger partial charge is 0.319 e. The highest BCUT2D eigenvalue weighted by Crippen LogP contribution is 2.38. The third-order valence-electron chi connectivity index (χ3n) is 10.3. The SMILES string of the molecule is CCCN1C[C@H](C)C[C@@](C)(OC)[C@H](O[C@@H]2O[C@H](C)C[C@H](N(C)C)[C@H]2O)[C@@H](C)C(=O)C(C)(C)C(=O)OC[C@@H]1CCCN(C)C(C)C. The van der Waals surface area contributed by atoms with Gasteiger partial charge in [-0.15, -0.1) is 0 Å². The number of methoxy groups -OCH3 is 1. The predicted octanol–water partition coefficient (Wildman–Crippen LogP) is 4.22. The molecule has 0 aromatic heterocycles. The summed E-state index contributed by atoms with van der Waals surface area (Å²) in [5.41, 5.74) is -2.31. The Hall–Kier alpha value is -1.14. The molecule has 0 radical (unpaired) electrons. The number of carbonyl (C=O) groups is 2. The van der Waals surface area contributed by atoms with Gasteiger partial charge in [0, 0.05) is 37.7 Å². The lowest BCUT2D eigenvalue weighted by atomic mass is 9.74. The van der Waals surface area contributed by atoms with E-state index in [-0.39, 0.29) is 36.5 Å². The van der Waals surface area contributed by atoms with Crippen molar-refractivity contribution in [2.24, 2.45) is 17.3 Å². The second-order valence-corrected chi connectivity index (χ2v) is 15.2. The van der Waals surface area contributed by atoms with Crippen LogP contribution in [-0.2, 0) is 28.5 Å². The lowest BCUT2D eigenvalue weighted by Gasteiger charge is -2.47. The number of hydrogen-bond acceptors (Lipinski definition) is 10. The number of Topliss-reactive ketones (excluding diaryl/α,β-unsaturated/α-hetero) is 1. The molecule has 2 fully saturated rings. The number of ether oxygens (including phenoxy) is 4. The van der Waals surface area contributed by atoms with Gasteiger partial charge in [-0.05, 0) is 114 Å². The number of cyclic esters (lactones) is 1. The maximum Gasteiger partial charge on any atom is 0.319 e. The van der Waals surface area contributed by atoms with Crippen molar-refractivity contribution in [2.45, 2.75) is 143 Å². The summed E-state index contributed by atoms with van der Waals surface area (Å²) in [6.45, 7) is 20.7. The van der Waals surface area contributed by atoms with Crippen molar-refractivity contribution in [3.05, 3.63) is 0 Å². The van der Waals surface area contributed by atoms with Gasteiger partial charge in [-0.2, -0.15) is 0 Å². The average molecular weight is 642 g/mol. The van der Waals surface area contributed by atoms with Crippen LogP contribution in [-0.4, -0.2) is 134 Å². The van der Waals surface area contributed by atoms with Crippen molar-refractivity contribution in [2.75, 3.05) is 54.5 Å². The van der Waals surface area contributed by atoms with E-state index < -0.39 is 41.4 Å². The molecule has 0 bridgehead atoms. The van der Waals surface area contributed by atoms with Crippen LogP contribution in [0.2, 0.25) is 0 Å². The molecule has 0 aromatic carbocycles. The number of aliphatic hydroxyl groups is 1. The first-order valence-corrected chi connectivity index (χ1v) is 17.3. The molecule has 10 heteroatoms. The van der Waals surface area contributed by atoms with Gasteiger partial charge in [-0.1, -0.05) is 20.8 Å². The molecule has 264 valence electrons. The molecule has 0 aromatic rings. The van der Waals surface area contributed by atoms with Gasteiger partial charge in [-0.3, -0.25) is 14.5 Å². The van der Waals surface area contributed by atoms with E-state index in [1.165, 1.54) is 0 Å². The Morgan fingerprint density at radius 3 is 2.31 bits per heavy atom. The van der Waals surface area contributed by atoms with Crippen LogP contribution in [0.3, 0.4) is 0 Å². The largest absolute Gasteiger partial charge is 0.463 e. The second kappa shape index (κ2) is 17.3. The fourth-order valence-electron chi connectivity index (χ4n) is 7.14. The summed E-state index contributed by atoms with van der Waals surface area (Å²) >= 11 is 0. The molecule has 0 unspecified atom stereocenters. The zero-order chi connectivity index (χ0) is 34.3. The molecule has 45 heavy (non-hydrogen) atoms. The van der Waals surface area contributed by atoms with E-state index in [0.717, 1.165) is 38.9 Å². The molecule has 0 saturated carbocycles. The Morgan fingerprint density at radius 1 is 1.11 bits per heavy atom. The van der Waals surface area contributed by atoms with Gasteiger partial charge in [0.2, 0.25) is 0 Å². The number of nitrogens with zero attached hydrogens (tertiary/aromatic N) is 3. The van der Waals surface area contributed by atoms with Crippen molar-refractivity contribution in [3.8, 4) is 0 Å². The number of likely N-dealkylation sites (N-methyl/N-ethyl adjacent to an activating group) is 1. The molecule has 2 saturated heterocycles. The van der Waals surface area contributed by atoms with E-state index in [1.807, 2.05) is 32.8 Å². The molecule has 2 heterocycles. The standard InChI is InChI=1S/C35H67N3O7/c1-14-17-38-21-24(4)20-35(9,42-13)31(45-32-29(39)28(36(10)11)19-25(5)44-32)26(6)30(40)34(7,8)33(41)43-22-27(38)16-15-18-37(12)23(2)3/h23-29,31-32,39H,14-22H2,1-13H3/t24-,25-,26+,27+,28+,29-,31-,32+,35-/m1/s1. The van der Waals surface area contributed by atoms with Crippen molar-refractivity contribution in [1.82, 2.24) is 14.7 Å². The van der Waals surface area contributed by atoms with Crippen LogP contribution in [0.5, 0.6) is 0 Å². The molecule has 0 spiro atoms. The van der Waals surface area contributed by atoms with Crippen molar-refractivity contribution in [3.63, 3.8) is 0 Å². The monoisotopic (exact) mass is 641 g/mol. The van der Waals surface area contributed by atoms with Crippen molar-refractivity contribution < 1.29 is 33.6 Å². The van der Waals surface area contributed by atoms with Crippen LogP contribution < -0.4 is 0 Å². The van der Waals surface area contributed by atoms with Crippen LogP contribution in [0.25, 0.3) is 0 Å². The van der Waals surface area contributed by atoms with Gasteiger partial charge < -0.3 is 33.9 Å². The number of carbonyl (C=O) groups excluding carboxylic acids is 2. The summed E-state index contributed by atoms with van der Waals surface area (Å²) in [6, 6.07) is 0.332. The Kier molecular flexibility index (Phi) is 15.4. The minimum absolute atomic E-state index is 0.0390. The summed E-state index contributed by atoms with van der Waals surface area (Å²) in [7, 11) is 7.65. The molecule has 9 atom stereocenters. The van der Waals surface area contributed by atoms with Gasteiger partial charge in [0.15, 0.2) is 12.1 Å². The van der Waals surface area contributed by atoms with Crippen LogP contribution in [0, 0.1) is 17.3 Å². The van der Waals surface area contributed by atoms with Crippen LogP contribution >= 0.6 is 0 Å². The zero-order valence-electron chi connectivity index (χ0n) is 30.8. The maximum absolute atomic E-state index is 14.2. The highest BCUT2D eigenvalue weighted by molar-refractivity contribution is 6.04. The van der Waals surface area contributed by atoms with Crippen molar-refractivity contribution >= 4 is 11.8 Å². The molecular weight excluding hydrogens is 574 g/mol. The molecule has 1 N–H and O–H groups in total. The fourth-order valence-corrected chi connectivity index (χ4v) is 7.14. The number of hydrogen-bond donors (Lipinski definition) is 1. The molecule has 2 rings (SSSR count). The third-order valence-corrected chi connectivity index (χ3v) is 10.3. The first-order valence-electron chi connectivity index (χ1n) is 17.3. The topological polar surface area (TPSA) is 101 Å². The molecule has 0 aliphatic carbocycles. The van der Waals surface area contributed by atoms with Crippen LogP contribution in [0.1, 0.15) is 94.4 Å². The Morgan fingerprint density at radius 2 is 1.76 bits per heavy atom. The van der Waals surface area contributed by atoms with Gasteiger partial charge in [-0.25, -0.2) is 0 Å². The van der Waals surface area contributed by atoms with E-state index in [4.69, 9.17) is 18.9 Å². The summed E-state index contributed by atoms with van der Waals surface area (Å²) in [4.78, 5) is 34.7. The fraction of sp³-hybridized carbons (Fsp3) is 0.943. The quantitative estimate of drug-likeness (QED) is 0.261. The van der Waals surface area contributed by atoms with Crippen LogP contribution in [0.4, 0.5) is 0 Å². The highest BCUT2D eigenvalue weighted by Gasteiger charge is 2.51. The van der Waals surface area contributed by atoms with Gasteiger partial charge in [0.1, 0.15) is 18.1 Å². The van der Waals surface area contributed by atoms with E-state index in [1.54, 1.807) is 27.9 Å². The zero-order valence-corrected chi connectivity index (χ0v) is 30.8. The van der Waals surface area contributed by atoms with Gasteiger partial charge >= 0.3 is 5.97 Å². The number of aliphatic hydroxyl groups excluding tert-OH is 1.